The van der Waals surface area contributed by atoms with E-state index in [1.165, 1.54) is 11.3 Å². The van der Waals surface area contributed by atoms with Gasteiger partial charge in [-0.3, -0.25) is 4.79 Å². The molecule has 0 aliphatic heterocycles. The van der Waals surface area contributed by atoms with Gasteiger partial charge in [0.2, 0.25) is 0 Å². The number of hydrogen-bond acceptors (Lipinski definition) is 4. The molecule has 0 radical (unpaired) electrons. The first-order chi connectivity index (χ1) is 8.96. The lowest BCUT2D eigenvalue weighted by Gasteiger charge is -2.03. The Bertz CT molecular complexity index is 658. The minimum absolute atomic E-state index is 0.152. The summed E-state index contributed by atoms with van der Waals surface area (Å²) >= 11 is 6.98. The normalized spacial score (nSPS) is 11.4. The first kappa shape index (κ1) is 14.2. The Hall–Kier alpha value is -1.17. The van der Waals surface area contributed by atoms with Crippen LogP contribution in [0, 0.1) is 0 Å². The van der Waals surface area contributed by atoms with Gasteiger partial charge < -0.3 is 0 Å². The molecule has 0 aliphatic carbocycles. The molecule has 0 atom stereocenters. The van der Waals surface area contributed by atoms with Crippen molar-refractivity contribution in [1.82, 2.24) is 0 Å². The fourth-order valence-electron chi connectivity index (χ4n) is 1.59. The summed E-state index contributed by atoms with van der Waals surface area (Å²) in [6.07, 6.45) is 0. The van der Waals surface area contributed by atoms with Crippen LogP contribution in [0.3, 0.4) is 0 Å². The second-order valence-electron chi connectivity index (χ2n) is 4.06. The number of carbonyl (C=O) groups is 1. The predicted octanol–water partition coefficient (Wildman–Crippen LogP) is 3.20. The molecule has 0 N–H and O–H groups in total. The van der Waals surface area contributed by atoms with Crippen molar-refractivity contribution in [3.8, 4) is 0 Å². The van der Waals surface area contributed by atoms with E-state index in [-0.39, 0.29) is 11.5 Å². The summed E-state index contributed by atoms with van der Waals surface area (Å²) in [7, 11) is -3.46. The number of carbonyl (C=O) groups excluding carboxylic acids is 1. The van der Waals surface area contributed by atoms with Crippen molar-refractivity contribution < 1.29 is 13.2 Å². The van der Waals surface area contributed by atoms with E-state index in [2.05, 4.69) is 0 Å². The summed E-state index contributed by atoms with van der Waals surface area (Å²) in [6.45, 7) is 0. The average Bonchev–Trinajstić information content (AvgIpc) is 2.85. The maximum absolute atomic E-state index is 11.9. The zero-order valence-corrected chi connectivity index (χ0v) is 12.3. The van der Waals surface area contributed by atoms with Crippen LogP contribution >= 0.6 is 22.9 Å². The van der Waals surface area contributed by atoms with Gasteiger partial charge in [-0.1, -0.05) is 29.8 Å². The molecular weight excluding hydrogens is 304 g/mol. The summed E-state index contributed by atoms with van der Waals surface area (Å²) in [6, 6.07) is 9.92. The van der Waals surface area contributed by atoms with Crippen molar-refractivity contribution in [2.45, 2.75) is 5.75 Å². The van der Waals surface area contributed by atoms with Crippen LogP contribution in [0.25, 0.3) is 0 Å². The van der Waals surface area contributed by atoms with Crippen molar-refractivity contribution in [3.63, 3.8) is 0 Å². The molecule has 3 nitrogen and oxygen atoms in total. The third-order valence-electron chi connectivity index (χ3n) is 2.45. The van der Waals surface area contributed by atoms with Gasteiger partial charge in [-0.25, -0.2) is 8.42 Å². The lowest BCUT2D eigenvalue weighted by molar-refractivity contribution is 0.102. The SMILES string of the molecule is O=C(CS(=O)(=O)Cc1ccc(Cl)cc1)c1cccs1. The number of benzene rings is 1. The van der Waals surface area contributed by atoms with Gasteiger partial charge in [-0.05, 0) is 29.1 Å². The van der Waals surface area contributed by atoms with E-state index in [9.17, 15) is 13.2 Å². The van der Waals surface area contributed by atoms with Gasteiger partial charge in [0.05, 0.1) is 10.6 Å². The number of hydrogen-bond donors (Lipinski definition) is 0. The van der Waals surface area contributed by atoms with E-state index in [0.29, 0.717) is 15.5 Å². The van der Waals surface area contributed by atoms with Gasteiger partial charge in [0, 0.05) is 5.02 Å². The van der Waals surface area contributed by atoms with Crippen LogP contribution in [0.2, 0.25) is 5.02 Å². The highest BCUT2D eigenvalue weighted by Crippen LogP contribution is 2.15. The summed E-state index contributed by atoms with van der Waals surface area (Å²) in [4.78, 5) is 12.2. The molecule has 1 aromatic heterocycles. The fraction of sp³-hybridized carbons (Fsp3) is 0.154. The first-order valence-electron chi connectivity index (χ1n) is 5.48. The van der Waals surface area contributed by atoms with Crippen molar-refractivity contribution in [2.24, 2.45) is 0 Å². The molecule has 6 heteroatoms. The van der Waals surface area contributed by atoms with Crippen molar-refractivity contribution in [3.05, 3.63) is 57.2 Å². The van der Waals surface area contributed by atoms with E-state index in [0.717, 1.165) is 0 Å². The van der Waals surface area contributed by atoms with Crippen molar-refractivity contribution in [1.29, 1.82) is 0 Å². The van der Waals surface area contributed by atoms with Gasteiger partial charge in [-0.15, -0.1) is 11.3 Å². The standard InChI is InChI=1S/C13H11ClO3S2/c14-11-5-3-10(4-6-11)8-19(16,17)9-12(15)13-2-1-7-18-13/h1-7H,8-9H2. The molecule has 0 amide bonds. The second-order valence-corrected chi connectivity index (χ2v) is 7.51. The number of thiophene rings is 1. The smallest absolute Gasteiger partial charge is 0.187 e. The maximum atomic E-state index is 11.9. The van der Waals surface area contributed by atoms with Crippen LogP contribution in [0.5, 0.6) is 0 Å². The molecule has 0 unspecified atom stereocenters. The largest absolute Gasteiger partial charge is 0.292 e. The molecule has 2 rings (SSSR count). The average molecular weight is 315 g/mol. The van der Waals surface area contributed by atoms with Crippen LogP contribution in [0.15, 0.2) is 41.8 Å². The van der Waals surface area contributed by atoms with E-state index >= 15 is 0 Å². The van der Waals surface area contributed by atoms with Gasteiger partial charge in [-0.2, -0.15) is 0 Å². The number of halogens is 1. The fourth-order valence-corrected chi connectivity index (χ4v) is 3.83. The third kappa shape index (κ3) is 4.16. The maximum Gasteiger partial charge on any atom is 0.187 e. The minimum atomic E-state index is -3.46. The first-order valence-corrected chi connectivity index (χ1v) is 8.56. The Morgan fingerprint density at radius 2 is 1.84 bits per heavy atom. The van der Waals surface area contributed by atoms with E-state index < -0.39 is 15.6 Å². The predicted molar refractivity (Wildman–Crippen MR) is 77.6 cm³/mol. The van der Waals surface area contributed by atoms with Gasteiger partial charge in [0.15, 0.2) is 15.6 Å². The molecule has 0 aliphatic rings. The minimum Gasteiger partial charge on any atom is -0.292 e. The lowest BCUT2D eigenvalue weighted by Crippen LogP contribution is -2.17. The van der Waals surface area contributed by atoms with Crippen LogP contribution in [0.1, 0.15) is 15.2 Å². The molecule has 100 valence electrons. The Balaban J connectivity index is 2.07. The summed E-state index contributed by atoms with van der Waals surface area (Å²) in [5, 5.41) is 2.30. The van der Waals surface area contributed by atoms with Crippen molar-refractivity contribution >= 4 is 38.6 Å². The highest BCUT2D eigenvalue weighted by molar-refractivity contribution is 7.91. The molecule has 0 fully saturated rings. The Morgan fingerprint density at radius 3 is 2.42 bits per heavy atom. The molecule has 2 aromatic rings. The number of ketones is 1. The Kier molecular flexibility index (Phi) is 4.39. The Morgan fingerprint density at radius 1 is 1.16 bits per heavy atom. The number of rotatable bonds is 5. The van der Waals surface area contributed by atoms with Gasteiger partial charge >= 0.3 is 0 Å². The Labute approximate surface area is 120 Å². The second kappa shape index (κ2) is 5.86. The van der Waals surface area contributed by atoms with Crippen LogP contribution in [-0.2, 0) is 15.6 Å². The molecule has 1 heterocycles. The number of sulfone groups is 1. The molecule has 0 saturated carbocycles. The highest BCUT2D eigenvalue weighted by Gasteiger charge is 2.19. The van der Waals surface area contributed by atoms with Gasteiger partial charge in [0.1, 0.15) is 5.75 Å². The zero-order chi connectivity index (χ0) is 13.9. The van der Waals surface area contributed by atoms with Crippen LogP contribution in [-0.4, -0.2) is 20.0 Å². The highest BCUT2D eigenvalue weighted by atomic mass is 35.5. The van der Waals surface area contributed by atoms with E-state index in [1.54, 1.807) is 41.8 Å². The molecule has 0 bridgehead atoms. The molecular formula is C13H11ClO3S2. The molecule has 0 saturated heterocycles. The summed E-state index contributed by atoms with van der Waals surface area (Å²) in [5.74, 6) is -0.971. The van der Waals surface area contributed by atoms with E-state index in [4.69, 9.17) is 11.6 Å². The van der Waals surface area contributed by atoms with E-state index in [1.807, 2.05) is 0 Å². The van der Waals surface area contributed by atoms with Gasteiger partial charge in [0.25, 0.3) is 0 Å². The quantitative estimate of drug-likeness (QED) is 0.796. The molecule has 19 heavy (non-hydrogen) atoms. The third-order valence-corrected chi connectivity index (χ3v) is 5.08. The summed E-state index contributed by atoms with van der Waals surface area (Å²) < 4.78 is 23.9. The lowest BCUT2D eigenvalue weighted by atomic mass is 10.2. The zero-order valence-electron chi connectivity index (χ0n) is 9.87. The molecule has 0 spiro atoms. The number of Topliss-reactive ketones (excluding diaryl/α,β-unsaturated/α-hetero) is 1. The topological polar surface area (TPSA) is 51.2 Å². The molecule has 1 aromatic carbocycles. The van der Waals surface area contributed by atoms with Crippen molar-refractivity contribution in [2.75, 3.05) is 5.75 Å². The monoisotopic (exact) mass is 314 g/mol. The summed E-state index contributed by atoms with van der Waals surface area (Å²) in [5.41, 5.74) is 0.628. The van der Waals surface area contributed by atoms with Crippen LogP contribution < -0.4 is 0 Å². The van der Waals surface area contributed by atoms with Crippen LogP contribution in [0.4, 0.5) is 0 Å².